The third-order valence-electron chi connectivity index (χ3n) is 1.97. The van der Waals surface area contributed by atoms with Gasteiger partial charge in [0.25, 0.3) is 5.91 Å². The van der Waals surface area contributed by atoms with Crippen LogP contribution in [0.3, 0.4) is 0 Å². The molecule has 0 fully saturated rings. The van der Waals surface area contributed by atoms with Crippen LogP contribution in [-0.4, -0.2) is 28.0 Å². The normalized spacial score (nSPS) is 11.2. The molecule has 0 radical (unpaired) electrons. The number of carboxylic acids is 1. The molecule has 1 rings (SSSR count). The van der Waals surface area contributed by atoms with Crippen LogP contribution in [0.25, 0.3) is 0 Å². The molecule has 0 spiro atoms. The summed E-state index contributed by atoms with van der Waals surface area (Å²) in [5.74, 6) is 0.347. The lowest BCUT2D eigenvalue weighted by Gasteiger charge is -2.11. The molecule has 1 aromatic heterocycles. The fourth-order valence-electron chi connectivity index (χ4n) is 1.11. The van der Waals surface area contributed by atoms with Crippen LogP contribution in [-0.2, 0) is 4.79 Å². The summed E-state index contributed by atoms with van der Waals surface area (Å²) in [7, 11) is 0. The van der Waals surface area contributed by atoms with Gasteiger partial charge < -0.3 is 15.4 Å². The molecule has 1 aromatic rings. The van der Waals surface area contributed by atoms with E-state index in [4.69, 9.17) is 11.5 Å². The van der Waals surface area contributed by atoms with Gasteiger partial charge in [-0.1, -0.05) is 0 Å². The Hall–Kier alpha value is -2.55. The van der Waals surface area contributed by atoms with Crippen LogP contribution in [0.5, 0.6) is 0 Å². The van der Waals surface area contributed by atoms with Crippen molar-refractivity contribution in [3.8, 4) is 12.3 Å². The molecule has 1 atom stereocenters. The Bertz CT molecular complexity index is 507. The lowest BCUT2D eigenvalue weighted by molar-refractivity contribution is -0.139. The topological polar surface area (TPSA) is 99.3 Å². The van der Waals surface area contributed by atoms with Gasteiger partial charge in [-0.2, -0.15) is 0 Å². The highest BCUT2D eigenvalue weighted by Gasteiger charge is 2.19. The predicted molar refractivity (Wildman–Crippen MR) is 59.4 cm³/mol. The summed E-state index contributed by atoms with van der Waals surface area (Å²) in [6, 6.07) is 1.33. The molecule has 1 heterocycles. The minimum Gasteiger partial charge on any atom is -0.480 e. The quantitative estimate of drug-likeness (QED) is 0.616. The van der Waals surface area contributed by atoms with Crippen molar-refractivity contribution >= 4 is 11.9 Å². The van der Waals surface area contributed by atoms with Gasteiger partial charge in [-0.05, 0) is 6.07 Å². The summed E-state index contributed by atoms with van der Waals surface area (Å²) in [5.41, 5.74) is -0.187. The highest BCUT2D eigenvalue weighted by molar-refractivity contribution is 5.96. The third-order valence-corrected chi connectivity index (χ3v) is 1.97. The third kappa shape index (κ3) is 3.50. The molecular weight excluding hydrogens is 224 g/mol. The number of amides is 1. The Labute approximate surface area is 96.7 Å². The summed E-state index contributed by atoms with van der Waals surface area (Å²) in [6.45, 7) is 0. The molecular formula is C11H10N2O4. The number of aromatic amines is 1. The number of terminal acetylenes is 1. The first-order chi connectivity index (χ1) is 8.04. The first-order valence-corrected chi connectivity index (χ1v) is 4.70. The van der Waals surface area contributed by atoms with Crippen LogP contribution < -0.4 is 10.9 Å². The van der Waals surface area contributed by atoms with Gasteiger partial charge in [0, 0.05) is 18.7 Å². The molecule has 0 saturated heterocycles. The van der Waals surface area contributed by atoms with Gasteiger partial charge in [0.15, 0.2) is 0 Å². The fraction of sp³-hybridized carbons (Fsp3) is 0.182. The van der Waals surface area contributed by atoms with Crippen molar-refractivity contribution in [2.24, 2.45) is 0 Å². The zero-order chi connectivity index (χ0) is 12.8. The number of aromatic nitrogens is 1. The van der Waals surface area contributed by atoms with Crippen molar-refractivity contribution in [2.45, 2.75) is 12.5 Å². The van der Waals surface area contributed by atoms with Crippen molar-refractivity contribution in [3.05, 3.63) is 34.2 Å². The Morgan fingerprint density at radius 2 is 2.24 bits per heavy atom. The number of carboxylic acid groups (broad SMARTS) is 1. The number of nitrogens with one attached hydrogen (secondary N) is 2. The lowest BCUT2D eigenvalue weighted by atomic mass is 10.2. The van der Waals surface area contributed by atoms with Crippen LogP contribution in [0.4, 0.5) is 0 Å². The Morgan fingerprint density at radius 3 is 2.71 bits per heavy atom. The second kappa shape index (κ2) is 5.51. The van der Waals surface area contributed by atoms with Crippen LogP contribution in [0, 0.1) is 12.3 Å². The lowest BCUT2D eigenvalue weighted by Crippen LogP contribution is -2.40. The van der Waals surface area contributed by atoms with Crippen molar-refractivity contribution in [2.75, 3.05) is 0 Å². The summed E-state index contributed by atoms with van der Waals surface area (Å²) in [6.07, 6.45) is 6.08. The Kier molecular flexibility index (Phi) is 4.06. The summed E-state index contributed by atoms with van der Waals surface area (Å²) >= 11 is 0. The summed E-state index contributed by atoms with van der Waals surface area (Å²) in [5, 5.41) is 11.0. The van der Waals surface area contributed by atoms with Crippen LogP contribution in [0.2, 0.25) is 0 Å². The SMILES string of the molecule is C#CCC(NC(=O)c1ccc(=O)[nH]c1)C(=O)O. The molecule has 3 N–H and O–H groups in total. The second-order valence-electron chi connectivity index (χ2n) is 3.21. The van der Waals surface area contributed by atoms with Crippen molar-refractivity contribution in [1.29, 1.82) is 0 Å². The standard InChI is InChI=1S/C11H10N2O4/c1-2-3-8(11(16)17)13-10(15)7-4-5-9(14)12-6-7/h1,4-6,8H,3H2,(H,12,14)(H,13,15)(H,16,17). The van der Waals surface area contributed by atoms with E-state index in [0.29, 0.717) is 0 Å². The summed E-state index contributed by atoms with van der Waals surface area (Å²) in [4.78, 5) is 35.4. The molecule has 0 aliphatic rings. The van der Waals surface area contributed by atoms with Gasteiger partial charge >= 0.3 is 5.97 Å². The molecule has 6 nitrogen and oxygen atoms in total. The van der Waals surface area contributed by atoms with Gasteiger partial charge in [0.05, 0.1) is 5.56 Å². The van der Waals surface area contributed by atoms with E-state index >= 15 is 0 Å². The molecule has 17 heavy (non-hydrogen) atoms. The van der Waals surface area contributed by atoms with E-state index in [0.717, 1.165) is 0 Å². The molecule has 0 aliphatic heterocycles. The Morgan fingerprint density at radius 1 is 1.53 bits per heavy atom. The van der Waals surface area contributed by atoms with E-state index in [1.807, 2.05) is 0 Å². The number of carbonyl (C=O) groups excluding carboxylic acids is 1. The second-order valence-corrected chi connectivity index (χ2v) is 3.21. The van der Waals surface area contributed by atoms with E-state index < -0.39 is 17.9 Å². The van der Waals surface area contributed by atoms with E-state index in [-0.39, 0.29) is 17.5 Å². The largest absolute Gasteiger partial charge is 0.480 e. The first-order valence-electron chi connectivity index (χ1n) is 4.70. The maximum atomic E-state index is 11.6. The number of pyridine rings is 1. The van der Waals surface area contributed by atoms with Crippen LogP contribution in [0.1, 0.15) is 16.8 Å². The predicted octanol–water partition coefficient (Wildman–Crippen LogP) is -0.419. The minimum absolute atomic E-state index is 0.107. The first kappa shape index (κ1) is 12.5. The van der Waals surface area contributed by atoms with E-state index in [9.17, 15) is 14.4 Å². The fourth-order valence-corrected chi connectivity index (χ4v) is 1.11. The number of hydrogen-bond donors (Lipinski definition) is 3. The van der Waals surface area contributed by atoms with Gasteiger partial charge in [0.1, 0.15) is 6.04 Å². The monoisotopic (exact) mass is 234 g/mol. The molecule has 1 unspecified atom stereocenters. The number of H-pyrrole nitrogens is 1. The highest BCUT2D eigenvalue weighted by atomic mass is 16.4. The van der Waals surface area contributed by atoms with Gasteiger partial charge in [-0.15, -0.1) is 12.3 Å². The molecule has 0 aromatic carbocycles. The van der Waals surface area contributed by atoms with E-state index in [1.54, 1.807) is 0 Å². The maximum absolute atomic E-state index is 11.6. The van der Waals surface area contributed by atoms with Crippen molar-refractivity contribution in [1.82, 2.24) is 10.3 Å². The van der Waals surface area contributed by atoms with Gasteiger partial charge in [-0.3, -0.25) is 9.59 Å². The van der Waals surface area contributed by atoms with Gasteiger partial charge in [-0.25, -0.2) is 4.79 Å². The molecule has 0 bridgehead atoms. The zero-order valence-electron chi connectivity index (χ0n) is 8.77. The van der Waals surface area contributed by atoms with Crippen molar-refractivity contribution < 1.29 is 14.7 Å². The van der Waals surface area contributed by atoms with Crippen LogP contribution >= 0.6 is 0 Å². The number of hydrogen-bond acceptors (Lipinski definition) is 3. The molecule has 1 amide bonds. The van der Waals surface area contributed by atoms with Crippen LogP contribution in [0.15, 0.2) is 23.1 Å². The zero-order valence-corrected chi connectivity index (χ0v) is 8.77. The van der Waals surface area contributed by atoms with Gasteiger partial charge in [0.2, 0.25) is 5.56 Å². The minimum atomic E-state index is -1.21. The maximum Gasteiger partial charge on any atom is 0.327 e. The number of rotatable bonds is 4. The average Bonchev–Trinajstić information content (AvgIpc) is 2.29. The number of aliphatic carboxylic acids is 1. The van der Waals surface area contributed by atoms with E-state index in [1.165, 1.54) is 18.3 Å². The summed E-state index contributed by atoms with van der Waals surface area (Å²) < 4.78 is 0. The van der Waals surface area contributed by atoms with E-state index in [2.05, 4.69) is 16.2 Å². The molecule has 0 saturated carbocycles. The van der Waals surface area contributed by atoms with Crippen molar-refractivity contribution in [3.63, 3.8) is 0 Å². The number of carbonyl (C=O) groups is 2. The molecule has 88 valence electrons. The molecule has 0 aliphatic carbocycles. The highest BCUT2D eigenvalue weighted by Crippen LogP contribution is 1.97. The Balaban J connectivity index is 2.77. The molecule has 6 heteroatoms. The smallest absolute Gasteiger partial charge is 0.327 e. The average molecular weight is 234 g/mol.